The number of allylic oxidation sites excluding steroid dienone is 2. The molecule has 0 fully saturated rings. The smallest absolute Gasteiger partial charge is 0.336 e. The monoisotopic (exact) mass is 395 g/mol. The normalized spacial score (nSPS) is 14.6. The van der Waals surface area contributed by atoms with E-state index >= 15 is 0 Å². The van der Waals surface area contributed by atoms with E-state index in [9.17, 15) is 9.59 Å². The molecule has 0 saturated carbocycles. The van der Waals surface area contributed by atoms with Gasteiger partial charge in [0.2, 0.25) is 0 Å². The Kier molecular flexibility index (Phi) is 6.22. The molecule has 2 aromatic rings. The summed E-state index contributed by atoms with van der Waals surface area (Å²) in [4.78, 5) is 25.5. The molecule has 0 saturated heterocycles. The third kappa shape index (κ3) is 4.11. The van der Waals surface area contributed by atoms with Crippen molar-refractivity contribution >= 4 is 11.9 Å². The molecular formula is C23H25NO5. The van der Waals surface area contributed by atoms with Crippen LogP contribution in [0, 0.1) is 0 Å². The van der Waals surface area contributed by atoms with Gasteiger partial charge in [-0.2, -0.15) is 0 Å². The zero-order chi connectivity index (χ0) is 21.0. The molecule has 6 nitrogen and oxygen atoms in total. The highest BCUT2D eigenvalue weighted by atomic mass is 16.5. The molecule has 1 aliphatic heterocycles. The second-order valence-corrected chi connectivity index (χ2v) is 6.64. The van der Waals surface area contributed by atoms with Gasteiger partial charge in [-0.1, -0.05) is 30.3 Å². The summed E-state index contributed by atoms with van der Waals surface area (Å²) < 4.78 is 16.6. The summed E-state index contributed by atoms with van der Waals surface area (Å²) in [5.74, 6) is -0.563. The standard InChI is InChI=1S/C23H25NO5/c1-5-27-22(25)19-14(3)24-15(4)20(23(26)28-6-2)21(19)18-13-12-17(29-18)16-10-8-7-9-11-16/h7-13,21,24H,5-6H2,1-4H3. The highest BCUT2D eigenvalue weighted by Gasteiger charge is 2.39. The highest BCUT2D eigenvalue weighted by Crippen LogP contribution is 2.41. The maximum atomic E-state index is 12.8. The molecular weight excluding hydrogens is 370 g/mol. The van der Waals surface area contributed by atoms with Crippen LogP contribution in [0.3, 0.4) is 0 Å². The number of hydrogen-bond donors (Lipinski definition) is 1. The molecule has 0 unspecified atom stereocenters. The lowest BCUT2D eigenvalue weighted by Gasteiger charge is -2.28. The number of benzene rings is 1. The topological polar surface area (TPSA) is 77.8 Å². The zero-order valence-electron chi connectivity index (χ0n) is 17.1. The third-order valence-corrected chi connectivity index (χ3v) is 4.72. The minimum absolute atomic E-state index is 0.229. The van der Waals surface area contributed by atoms with Crippen LogP contribution in [0.15, 0.2) is 69.4 Å². The largest absolute Gasteiger partial charge is 0.463 e. The second kappa shape index (κ2) is 8.82. The van der Waals surface area contributed by atoms with Crippen molar-refractivity contribution in [2.24, 2.45) is 0 Å². The maximum Gasteiger partial charge on any atom is 0.336 e. The van der Waals surface area contributed by atoms with Crippen molar-refractivity contribution in [2.45, 2.75) is 33.6 Å². The first-order chi connectivity index (χ1) is 14.0. The molecule has 29 heavy (non-hydrogen) atoms. The second-order valence-electron chi connectivity index (χ2n) is 6.64. The summed E-state index contributed by atoms with van der Waals surface area (Å²) in [5.41, 5.74) is 2.83. The molecule has 1 aromatic heterocycles. The van der Waals surface area contributed by atoms with Gasteiger partial charge < -0.3 is 19.2 Å². The van der Waals surface area contributed by atoms with Crippen molar-refractivity contribution in [3.05, 3.63) is 70.8 Å². The Balaban J connectivity index is 2.12. The van der Waals surface area contributed by atoms with Gasteiger partial charge in [-0.15, -0.1) is 0 Å². The first kappa shape index (κ1) is 20.5. The average Bonchev–Trinajstić information content (AvgIpc) is 3.18. The van der Waals surface area contributed by atoms with Gasteiger partial charge in [0.1, 0.15) is 11.5 Å². The van der Waals surface area contributed by atoms with Crippen LogP contribution in [0.25, 0.3) is 11.3 Å². The van der Waals surface area contributed by atoms with Crippen molar-refractivity contribution in [2.75, 3.05) is 13.2 Å². The quantitative estimate of drug-likeness (QED) is 0.735. The fraction of sp³-hybridized carbons (Fsp3) is 0.304. The Morgan fingerprint density at radius 2 is 1.45 bits per heavy atom. The van der Waals surface area contributed by atoms with Crippen molar-refractivity contribution in [1.82, 2.24) is 5.32 Å². The van der Waals surface area contributed by atoms with Crippen molar-refractivity contribution < 1.29 is 23.5 Å². The molecule has 1 aliphatic rings. The Hall–Kier alpha value is -3.28. The van der Waals surface area contributed by atoms with E-state index in [4.69, 9.17) is 13.9 Å². The predicted octanol–water partition coefficient (Wildman–Crippen LogP) is 4.31. The number of carbonyl (C=O) groups excluding carboxylic acids is 2. The molecule has 0 aliphatic carbocycles. The lowest BCUT2D eigenvalue weighted by atomic mass is 9.83. The first-order valence-electron chi connectivity index (χ1n) is 9.65. The van der Waals surface area contributed by atoms with Gasteiger partial charge in [0.25, 0.3) is 0 Å². The fourth-order valence-electron chi connectivity index (χ4n) is 3.50. The van der Waals surface area contributed by atoms with Crippen LogP contribution < -0.4 is 5.32 Å². The minimum atomic E-state index is -0.716. The molecule has 1 N–H and O–H groups in total. The van der Waals surface area contributed by atoms with Gasteiger partial charge in [0, 0.05) is 17.0 Å². The number of dihydropyridines is 1. The van der Waals surface area contributed by atoms with Gasteiger partial charge in [0.15, 0.2) is 0 Å². The molecule has 6 heteroatoms. The van der Waals surface area contributed by atoms with Crippen molar-refractivity contribution in [3.63, 3.8) is 0 Å². The van der Waals surface area contributed by atoms with E-state index in [-0.39, 0.29) is 13.2 Å². The number of rotatable bonds is 6. The van der Waals surface area contributed by atoms with Crippen LogP contribution in [0.2, 0.25) is 0 Å². The van der Waals surface area contributed by atoms with E-state index in [1.54, 1.807) is 33.8 Å². The summed E-state index contributed by atoms with van der Waals surface area (Å²) in [7, 11) is 0. The van der Waals surface area contributed by atoms with Crippen LogP contribution in [-0.2, 0) is 19.1 Å². The van der Waals surface area contributed by atoms with Gasteiger partial charge in [0.05, 0.1) is 30.3 Å². The lowest BCUT2D eigenvalue weighted by molar-refractivity contribution is -0.139. The molecule has 0 amide bonds. The summed E-state index contributed by atoms with van der Waals surface area (Å²) in [6.07, 6.45) is 0. The first-order valence-corrected chi connectivity index (χ1v) is 9.65. The predicted molar refractivity (Wildman–Crippen MR) is 109 cm³/mol. The molecule has 1 aromatic carbocycles. The molecule has 0 atom stereocenters. The number of hydrogen-bond acceptors (Lipinski definition) is 6. The summed E-state index contributed by atoms with van der Waals surface area (Å²) in [6, 6.07) is 13.3. The van der Waals surface area contributed by atoms with E-state index < -0.39 is 17.9 Å². The summed E-state index contributed by atoms with van der Waals surface area (Å²) in [6.45, 7) is 7.51. The Morgan fingerprint density at radius 1 is 0.897 bits per heavy atom. The fourth-order valence-corrected chi connectivity index (χ4v) is 3.50. The van der Waals surface area contributed by atoms with Gasteiger partial charge >= 0.3 is 11.9 Å². The van der Waals surface area contributed by atoms with Crippen LogP contribution in [0.5, 0.6) is 0 Å². The Morgan fingerprint density at radius 3 is 1.97 bits per heavy atom. The maximum absolute atomic E-state index is 12.8. The summed E-state index contributed by atoms with van der Waals surface area (Å²) >= 11 is 0. The minimum Gasteiger partial charge on any atom is -0.463 e. The van der Waals surface area contributed by atoms with Crippen LogP contribution in [-0.4, -0.2) is 25.2 Å². The molecule has 0 radical (unpaired) electrons. The number of nitrogens with one attached hydrogen (secondary N) is 1. The van der Waals surface area contributed by atoms with E-state index in [1.807, 2.05) is 36.4 Å². The van der Waals surface area contributed by atoms with E-state index in [0.717, 1.165) is 5.56 Å². The number of carbonyl (C=O) groups is 2. The Bertz CT molecular complexity index is 928. The van der Waals surface area contributed by atoms with Gasteiger partial charge in [-0.05, 0) is 39.8 Å². The van der Waals surface area contributed by atoms with E-state index in [1.165, 1.54) is 0 Å². The Labute approximate surface area is 170 Å². The molecule has 152 valence electrons. The molecule has 2 heterocycles. The SMILES string of the molecule is CCOC(=O)C1=C(C)NC(C)=C(C(=O)OCC)C1c1ccc(-c2ccccc2)o1. The average molecular weight is 395 g/mol. The highest BCUT2D eigenvalue weighted by molar-refractivity contribution is 5.99. The zero-order valence-corrected chi connectivity index (χ0v) is 17.1. The van der Waals surface area contributed by atoms with Crippen molar-refractivity contribution in [3.8, 4) is 11.3 Å². The van der Waals surface area contributed by atoms with Crippen molar-refractivity contribution in [1.29, 1.82) is 0 Å². The van der Waals surface area contributed by atoms with E-state index in [2.05, 4.69) is 5.32 Å². The number of esters is 2. The van der Waals surface area contributed by atoms with Gasteiger partial charge in [-0.3, -0.25) is 0 Å². The lowest BCUT2D eigenvalue weighted by Crippen LogP contribution is -2.32. The van der Waals surface area contributed by atoms with Crippen LogP contribution in [0.4, 0.5) is 0 Å². The summed E-state index contributed by atoms with van der Waals surface area (Å²) in [5, 5.41) is 3.11. The van der Waals surface area contributed by atoms with Crippen LogP contribution in [0.1, 0.15) is 39.4 Å². The van der Waals surface area contributed by atoms with Gasteiger partial charge in [-0.25, -0.2) is 9.59 Å². The molecule has 0 spiro atoms. The van der Waals surface area contributed by atoms with E-state index in [0.29, 0.717) is 34.1 Å². The number of ether oxygens (including phenoxy) is 2. The molecule has 3 rings (SSSR count). The number of furan rings is 1. The molecule has 0 bridgehead atoms. The third-order valence-electron chi connectivity index (χ3n) is 4.72. The van der Waals surface area contributed by atoms with Crippen LogP contribution >= 0.6 is 0 Å².